The first-order valence-electron chi connectivity index (χ1n) is 22.7. The Morgan fingerprint density at radius 1 is 0.768 bits per heavy atom. The molecule has 16 heteroatoms. The molecule has 6 aromatic rings. The zero-order chi connectivity index (χ0) is 49.1. The number of carbonyl (C=O) groups excluding carboxylic acids is 2. The highest BCUT2D eigenvalue weighted by molar-refractivity contribution is 7.44. The molecule has 1 fully saturated rings. The van der Waals surface area contributed by atoms with Crippen LogP contribution < -0.4 is 30.4 Å². The lowest BCUT2D eigenvalue weighted by Gasteiger charge is -2.41. The minimum Gasteiger partial charge on any atom is -0.497 e. The van der Waals surface area contributed by atoms with E-state index in [1.807, 2.05) is 113 Å². The molecule has 362 valence electrons. The van der Waals surface area contributed by atoms with Crippen LogP contribution in [0.5, 0.6) is 23.0 Å². The van der Waals surface area contributed by atoms with Gasteiger partial charge in [0.15, 0.2) is 23.4 Å². The number of ketones is 1. The van der Waals surface area contributed by atoms with Crippen molar-refractivity contribution in [1.82, 2.24) is 14.2 Å². The Morgan fingerprint density at radius 2 is 1.32 bits per heavy atom. The van der Waals surface area contributed by atoms with Gasteiger partial charge in [0.2, 0.25) is 0 Å². The Morgan fingerprint density at radius 3 is 1.87 bits per heavy atom. The number of rotatable bonds is 22. The van der Waals surface area contributed by atoms with Crippen LogP contribution in [0.25, 0.3) is 0 Å². The lowest BCUT2D eigenvalue weighted by Crippen LogP contribution is -2.49. The van der Waals surface area contributed by atoms with Gasteiger partial charge in [-0.25, -0.2) is 9.46 Å². The number of aromatic nitrogens is 2. The molecule has 5 aromatic carbocycles. The number of hydrogen-bond acceptors (Lipinski definition) is 14. The summed E-state index contributed by atoms with van der Waals surface area (Å²) in [4.78, 5) is 45.0. The van der Waals surface area contributed by atoms with E-state index in [4.69, 9.17) is 43.2 Å². The number of ether oxygens (including phenoxy) is 6. The quantitative estimate of drug-likeness (QED) is 0.0171. The van der Waals surface area contributed by atoms with Gasteiger partial charge in [-0.05, 0) is 86.8 Å². The molecule has 15 nitrogen and oxygen atoms in total. The molecule has 69 heavy (non-hydrogen) atoms. The van der Waals surface area contributed by atoms with Crippen LogP contribution in [0, 0.1) is 0 Å². The molecule has 1 aliphatic heterocycles. The highest BCUT2D eigenvalue weighted by atomic mass is 31.2. The Hall–Kier alpha value is -6.45. The van der Waals surface area contributed by atoms with E-state index in [0.29, 0.717) is 39.5 Å². The third kappa shape index (κ3) is 11.9. The molecule has 1 saturated heterocycles. The fraction of sp³-hybridized carbons (Fsp3) is 0.321. The molecule has 2 N–H and O–H groups in total. The summed E-state index contributed by atoms with van der Waals surface area (Å²) >= 11 is 0. The minimum absolute atomic E-state index is 0.0461. The van der Waals surface area contributed by atoms with Crippen molar-refractivity contribution in [3.05, 3.63) is 178 Å². The third-order valence-corrected chi connectivity index (χ3v) is 13.6. The topological polar surface area (TPSA) is 172 Å². The summed E-state index contributed by atoms with van der Waals surface area (Å²) in [5.74, 6) is 1.07. The van der Waals surface area contributed by atoms with E-state index in [9.17, 15) is 9.59 Å². The van der Waals surface area contributed by atoms with Gasteiger partial charge in [-0.1, -0.05) is 97.1 Å². The van der Waals surface area contributed by atoms with Crippen LogP contribution in [0.1, 0.15) is 74.3 Å². The second kappa shape index (κ2) is 23.2. The smallest absolute Gasteiger partial charge is 0.351 e. The number of para-hydroxylation sites is 2. The Labute approximate surface area is 404 Å². The van der Waals surface area contributed by atoms with Crippen molar-refractivity contribution in [2.45, 2.75) is 83.3 Å². The van der Waals surface area contributed by atoms with Gasteiger partial charge >= 0.3 is 11.7 Å². The van der Waals surface area contributed by atoms with Crippen molar-refractivity contribution < 1.29 is 47.1 Å². The summed E-state index contributed by atoms with van der Waals surface area (Å²) in [6.45, 7) is 9.64. The van der Waals surface area contributed by atoms with Gasteiger partial charge < -0.3 is 43.2 Å². The van der Waals surface area contributed by atoms with E-state index in [2.05, 4.69) is 9.65 Å². The van der Waals surface area contributed by atoms with E-state index < -0.39 is 56.1 Å². The van der Waals surface area contributed by atoms with Crippen LogP contribution in [0.3, 0.4) is 0 Å². The van der Waals surface area contributed by atoms with Gasteiger partial charge in [-0.2, -0.15) is 4.98 Å². The number of nitrogen functional groups attached to an aromatic ring is 1. The molecular formula is C53H59N4O11P. The van der Waals surface area contributed by atoms with E-state index >= 15 is 4.79 Å². The van der Waals surface area contributed by atoms with Gasteiger partial charge in [0.05, 0.1) is 26.9 Å². The first kappa shape index (κ1) is 50.4. The Kier molecular flexibility index (Phi) is 17.0. The number of esters is 1. The van der Waals surface area contributed by atoms with Gasteiger partial charge in [0, 0.05) is 37.2 Å². The molecule has 0 spiro atoms. The predicted octanol–water partition coefficient (Wildman–Crippen LogP) is 9.14. The fourth-order valence-corrected chi connectivity index (χ4v) is 10.1. The lowest BCUT2D eigenvalue weighted by atomic mass is 9.79. The normalized spacial score (nSPS) is 16.9. The summed E-state index contributed by atoms with van der Waals surface area (Å²) < 4.78 is 54.6. The van der Waals surface area contributed by atoms with E-state index in [1.165, 1.54) is 23.8 Å². The number of anilines is 1. The molecule has 1 aromatic heterocycles. The molecule has 0 saturated carbocycles. The maximum Gasteiger partial charge on any atom is 0.351 e. The first-order valence-corrected chi connectivity index (χ1v) is 23.9. The summed E-state index contributed by atoms with van der Waals surface area (Å²) in [6, 6.07) is 41.8. The molecule has 1 aliphatic rings. The molecule has 0 bridgehead atoms. The van der Waals surface area contributed by atoms with Crippen LogP contribution in [-0.4, -0.2) is 83.8 Å². The molecule has 5 atom stereocenters. The number of nitrogens with zero attached hydrogens (tertiary/aromatic N) is 3. The van der Waals surface area contributed by atoms with Gasteiger partial charge in [0.25, 0.3) is 8.53 Å². The van der Waals surface area contributed by atoms with Crippen molar-refractivity contribution in [2.24, 2.45) is 0 Å². The van der Waals surface area contributed by atoms with Gasteiger partial charge in [0.1, 0.15) is 41.9 Å². The van der Waals surface area contributed by atoms with Crippen LogP contribution in [-0.2, 0) is 28.9 Å². The van der Waals surface area contributed by atoms with Crippen LogP contribution in [0.2, 0.25) is 0 Å². The number of hydrogen-bond donors (Lipinski definition) is 1. The van der Waals surface area contributed by atoms with Crippen LogP contribution in [0.4, 0.5) is 5.82 Å². The Bertz CT molecular complexity index is 2610. The molecule has 7 rings (SSSR count). The molecule has 2 heterocycles. The predicted molar refractivity (Wildman–Crippen MR) is 262 cm³/mol. The monoisotopic (exact) mass is 958 g/mol. The first-order chi connectivity index (χ1) is 33.3. The number of nitrogens with two attached hydrogens (primary N) is 1. The van der Waals surface area contributed by atoms with Gasteiger partial charge in [-0.3, -0.25) is 14.2 Å². The summed E-state index contributed by atoms with van der Waals surface area (Å²) in [6.07, 6.45) is -2.89. The zero-order valence-electron chi connectivity index (χ0n) is 39.8. The standard InChI is InChI=1S/C53H59N4O11P/c1-35(2)57(36(3)4)69(64-33-32-63-44-20-14-15-21-45(44)65-37(5)58)68-46-34-48(56-31-30-47(54)55-52(56)60)66-50(46)51(49(59)38-16-10-8-11-17-38)67-53(39-18-12-9-13-19-39,40-22-26-42(61-6)27-23-40)41-24-28-43(62-7)29-25-41/h8-31,35-36,46,48,50-51H,32-34H2,1-7H3,(H2,54,55,60)/t46-,48+,50-,51?,69?/m0/s1. The second-order valence-electron chi connectivity index (χ2n) is 16.8. The average Bonchev–Trinajstić information content (AvgIpc) is 3.76. The Balaban J connectivity index is 1.37. The maximum atomic E-state index is 15.6. The van der Waals surface area contributed by atoms with E-state index in [0.717, 1.165) is 0 Å². The van der Waals surface area contributed by atoms with E-state index in [1.54, 1.807) is 62.8 Å². The molecule has 0 amide bonds. The number of Topliss-reactive ketones (excluding diaryl/α,β-unsaturated/α-hetero) is 1. The maximum absolute atomic E-state index is 15.6. The van der Waals surface area contributed by atoms with Gasteiger partial charge in [-0.15, -0.1) is 0 Å². The largest absolute Gasteiger partial charge is 0.497 e. The van der Waals surface area contributed by atoms with Crippen molar-refractivity contribution in [1.29, 1.82) is 0 Å². The summed E-state index contributed by atoms with van der Waals surface area (Å²) in [5, 5.41) is 0. The second-order valence-corrected chi connectivity index (χ2v) is 18.2. The molecular weight excluding hydrogens is 900 g/mol. The highest BCUT2D eigenvalue weighted by Gasteiger charge is 2.52. The average molecular weight is 959 g/mol. The van der Waals surface area contributed by atoms with Crippen molar-refractivity contribution in [3.63, 3.8) is 0 Å². The molecule has 2 unspecified atom stereocenters. The minimum atomic E-state index is -1.95. The summed E-state index contributed by atoms with van der Waals surface area (Å²) in [7, 11) is 1.25. The highest BCUT2D eigenvalue weighted by Crippen LogP contribution is 2.52. The van der Waals surface area contributed by atoms with Crippen molar-refractivity contribution >= 4 is 26.1 Å². The lowest BCUT2D eigenvalue weighted by molar-refractivity contribution is -0.132. The fourth-order valence-electron chi connectivity index (χ4n) is 8.42. The van der Waals surface area contributed by atoms with Crippen LogP contribution in [0.15, 0.2) is 151 Å². The molecule has 0 aliphatic carbocycles. The zero-order valence-corrected chi connectivity index (χ0v) is 40.7. The van der Waals surface area contributed by atoms with Crippen molar-refractivity contribution in [2.75, 3.05) is 33.2 Å². The summed E-state index contributed by atoms with van der Waals surface area (Å²) in [5.41, 5.74) is 6.28. The number of carbonyl (C=O) groups is 2. The molecule has 0 radical (unpaired) electrons. The van der Waals surface area contributed by atoms with E-state index in [-0.39, 0.29) is 43.3 Å². The number of benzene rings is 5. The van der Waals surface area contributed by atoms with Crippen LogP contribution >= 0.6 is 8.53 Å². The number of methoxy groups -OCH3 is 2. The third-order valence-electron chi connectivity index (χ3n) is 11.5. The van der Waals surface area contributed by atoms with Crippen molar-refractivity contribution in [3.8, 4) is 23.0 Å². The SMILES string of the molecule is COc1ccc(C(OC(C(=O)c2ccccc2)[C@H]2O[C@@H](n3ccc(N)nc3=O)C[C@@H]2OP(OCCOc2ccccc2OC(C)=O)N(C(C)C)C(C)C)(c2ccccc2)c2ccc(OC)cc2)cc1.